The van der Waals surface area contributed by atoms with Gasteiger partial charge in [0.2, 0.25) is 0 Å². The molecule has 0 fully saturated rings. The fraction of sp³-hybridized carbons (Fsp3) is 0.250. The van der Waals surface area contributed by atoms with Crippen molar-refractivity contribution in [3.8, 4) is 0 Å². The fourth-order valence-electron chi connectivity index (χ4n) is 0.982. The first-order valence-electron chi connectivity index (χ1n) is 4.22. The third-order valence-corrected chi connectivity index (χ3v) is 1.51. The first kappa shape index (κ1) is 14.1. The maximum atomic E-state index is 10.8. The molecule has 0 spiro atoms. The van der Waals surface area contributed by atoms with E-state index < -0.39 is 5.69 Å². The van der Waals surface area contributed by atoms with Gasteiger partial charge in [-0.3, -0.25) is 4.98 Å². The first-order valence-corrected chi connectivity index (χ1v) is 4.22. The van der Waals surface area contributed by atoms with Crippen LogP contribution < -0.4 is 11.4 Å². The van der Waals surface area contributed by atoms with Crippen molar-refractivity contribution in [2.45, 2.75) is 13.8 Å². The van der Waals surface area contributed by atoms with Gasteiger partial charge in [0, 0.05) is 32.7 Å². The molecule has 0 aliphatic heterocycles. The van der Waals surface area contributed by atoms with Crippen molar-refractivity contribution in [3.63, 3.8) is 0 Å². The van der Waals surface area contributed by atoms with Crippen LogP contribution >= 0.6 is 0 Å². The molecule has 0 unspecified atom stereocenters. The van der Waals surface area contributed by atoms with Crippen molar-refractivity contribution in [3.05, 3.63) is 23.9 Å². The van der Waals surface area contributed by atoms with Crippen LogP contribution in [0.3, 0.4) is 0 Å². The molecule has 0 saturated carbocycles. The van der Waals surface area contributed by atoms with E-state index in [4.69, 9.17) is 5.73 Å². The summed E-state index contributed by atoms with van der Waals surface area (Å²) in [6.45, 7) is 4.00. The number of H-pyrrole nitrogens is 1. The number of nitrogens with one attached hydrogen (secondary N) is 1. The summed E-state index contributed by atoms with van der Waals surface area (Å²) < 4.78 is 1.39. The van der Waals surface area contributed by atoms with Crippen LogP contribution in [-0.4, -0.2) is 19.5 Å². The summed E-state index contributed by atoms with van der Waals surface area (Å²) in [4.78, 5) is 20.7. The predicted molar refractivity (Wildman–Crippen MR) is 54.7 cm³/mol. The Morgan fingerprint density at radius 1 is 1.53 bits per heavy atom. The number of nitrogens with zero attached hydrogens (tertiary/aromatic N) is 3. The minimum absolute atomic E-state index is 0. The minimum atomic E-state index is -0.495. The molecule has 2 aromatic rings. The number of rotatable bonds is 0. The molecule has 2 rings (SSSR count). The second kappa shape index (κ2) is 5.87. The minimum Gasteiger partial charge on any atom is -0.456 e. The van der Waals surface area contributed by atoms with Gasteiger partial charge in [0.05, 0.1) is 11.2 Å². The Balaban J connectivity index is 0.000000617. The van der Waals surface area contributed by atoms with Crippen LogP contribution in [0.1, 0.15) is 13.8 Å². The molecule has 2 heterocycles. The molecule has 2 aromatic heterocycles. The molecule has 0 saturated heterocycles. The van der Waals surface area contributed by atoms with Gasteiger partial charge in [-0.25, -0.2) is 9.78 Å². The Bertz CT molecular complexity index is 489. The number of fused-ring (bicyclic) bond motifs is 1. The van der Waals surface area contributed by atoms with Gasteiger partial charge in [-0.15, -0.1) is 7.05 Å². The Hall–Kier alpha value is -0.876. The van der Waals surface area contributed by atoms with E-state index in [0.29, 0.717) is 11.2 Å². The van der Waals surface area contributed by atoms with Gasteiger partial charge in [-0.1, -0.05) is 13.8 Å². The molecule has 3 N–H and O–H groups in total. The summed E-state index contributed by atoms with van der Waals surface area (Å²) in [5, 5.41) is 0. The quantitative estimate of drug-likeness (QED) is 0.683. The van der Waals surface area contributed by atoms with Crippen LogP contribution in [0.25, 0.3) is 11.2 Å². The van der Waals surface area contributed by atoms with E-state index in [1.807, 2.05) is 13.8 Å². The Kier molecular flexibility index (Phi) is 5.53. The molecule has 15 heavy (non-hydrogen) atoms. The van der Waals surface area contributed by atoms with Crippen LogP contribution in [0.2, 0.25) is 0 Å². The maximum absolute atomic E-state index is 10.8. The molecule has 0 aliphatic rings. The van der Waals surface area contributed by atoms with Crippen LogP contribution in [0, 0.1) is 7.05 Å². The molecule has 0 bridgehead atoms. The number of anilines is 1. The summed E-state index contributed by atoms with van der Waals surface area (Å²) in [5.41, 5.74) is 5.82. The zero-order valence-electron chi connectivity index (χ0n) is 8.69. The molecule has 0 aliphatic carbocycles. The zero-order chi connectivity index (χ0) is 10.7. The molecular formula is C8H12N5OY-. The van der Waals surface area contributed by atoms with Gasteiger partial charge < -0.3 is 15.3 Å². The number of nitrogens with two attached hydrogens (primary N) is 1. The smallest absolute Gasteiger partial charge is 0.336 e. The Labute approximate surface area is 112 Å². The molecule has 0 aromatic carbocycles. The van der Waals surface area contributed by atoms with Gasteiger partial charge in [0.25, 0.3) is 0 Å². The molecule has 6 nitrogen and oxygen atoms in total. The van der Waals surface area contributed by atoms with Crippen molar-refractivity contribution >= 4 is 17.0 Å². The third kappa shape index (κ3) is 2.79. The Morgan fingerprint density at radius 2 is 2.13 bits per heavy atom. The van der Waals surface area contributed by atoms with E-state index in [0.717, 1.165) is 0 Å². The number of hydrogen-bond donors (Lipinski definition) is 2. The van der Waals surface area contributed by atoms with Crippen LogP contribution in [-0.2, 0) is 32.7 Å². The second-order valence-corrected chi connectivity index (χ2v) is 2.34. The zero-order valence-corrected chi connectivity index (χ0v) is 11.5. The summed E-state index contributed by atoms with van der Waals surface area (Å²) in [7, 11) is 3.57. The Morgan fingerprint density at radius 3 is 2.73 bits per heavy atom. The van der Waals surface area contributed by atoms with E-state index in [1.165, 1.54) is 10.9 Å². The van der Waals surface area contributed by atoms with Crippen molar-refractivity contribution in [2.24, 2.45) is 0 Å². The largest absolute Gasteiger partial charge is 0.456 e. The third-order valence-electron chi connectivity index (χ3n) is 1.51. The number of aromatic amines is 1. The van der Waals surface area contributed by atoms with Gasteiger partial charge in [-0.05, 0) is 6.33 Å². The summed E-state index contributed by atoms with van der Waals surface area (Å²) in [6, 6.07) is 0. The molecule has 7 heteroatoms. The molecular weight excluding hydrogens is 271 g/mol. The van der Waals surface area contributed by atoms with Crippen LogP contribution in [0.4, 0.5) is 5.82 Å². The maximum Gasteiger partial charge on any atom is 0.336 e. The molecule has 79 valence electrons. The number of nitrogen functional groups attached to an aromatic ring is 1. The van der Waals surface area contributed by atoms with Crippen molar-refractivity contribution in [2.75, 3.05) is 5.73 Å². The van der Waals surface area contributed by atoms with E-state index >= 15 is 0 Å². The number of aromatic nitrogens is 4. The van der Waals surface area contributed by atoms with E-state index in [-0.39, 0.29) is 38.5 Å². The monoisotopic (exact) mass is 283 g/mol. The topological polar surface area (TPSA) is 89.6 Å². The van der Waals surface area contributed by atoms with E-state index in [9.17, 15) is 4.79 Å². The number of imidazole rings is 1. The van der Waals surface area contributed by atoms with Crippen molar-refractivity contribution in [1.82, 2.24) is 19.5 Å². The SMILES string of the molecule is CC.[CH2-]n1cnc2c(N)[nH]c(=O)nc21.[Y]. The summed E-state index contributed by atoms with van der Waals surface area (Å²) in [6.07, 6.45) is 1.45. The average Bonchev–Trinajstić information content (AvgIpc) is 2.52. The normalized spacial score (nSPS) is 8.93. The van der Waals surface area contributed by atoms with Gasteiger partial charge in [0.15, 0.2) is 0 Å². The molecule has 1 radical (unpaired) electrons. The van der Waals surface area contributed by atoms with Crippen LogP contribution in [0.15, 0.2) is 11.1 Å². The summed E-state index contributed by atoms with van der Waals surface area (Å²) in [5.74, 6) is 0.215. The second-order valence-electron chi connectivity index (χ2n) is 2.34. The van der Waals surface area contributed by atoms with E-state index in [1.54, 1.807) is 0 Å². The van der Waals surface area contributed by atoms with Gasteiger partial charge in [0.1, 0.15) is 5.82 Å². The predicted octanol–water partition coefficient (Wildman–Crippen LogP) is 0.365. The van der Waals surface area contributed by atoms with E-state index in [2.05, 4.69) is 22.0 Å². The van der Waals surface area contributed by atoms with Crippen LogP contribution in [0.5, 0.6) is 0 Å². The van der Waals surface area contributed by atoms with Crippen molar-refractivity contribution < 1.29 is 32.7 Å². The standard InChI is InChI=1S/C6H6N5O.C2H6.Y/c1-11-2-8-3-4(7)9-6(12)10-5(3)11;1-2;/h2H,1H2,(H3,7,9,10,12);1-2H3;/q-1;;. The van der Waals surface area contributed by atoms with Gasteiger partial charge >= 0.3 is 5.69 Å². The number of hydrogen-bond acceptors (Lipinski definition) is 4. The average molecular weight is 283 g/mol. The summed E-state index contributed by atoms with van der Waals surface area (Å²) >= 11 is 0. The first-order chi connectivity index (χ1) is 6.68. The van der Waals surface area contributed by atoms with Gasteiger partial charge in [-0.2, -0.15) is 0 Å². The van der Waals surface area contributed by atoms with Crippen molar-refractivity contribution in [1.29, 1.82) is 0 Å². The fourth-order valence-corrected chi connectivity index (χ4v) is 0.982. The molecule has 0 atom stereocenters. The molecule has 0 amide bonds.